The average Bonchev–Trinajstić information content (AvgIpc) is 2.88. The second kappa shape index (κ2) is 5.35. The Kier molecular flexibility index (Phi) is 3.62. The Morgan fingerprint density at radius 1 is 1.39 bits per heavy atom. The molecular formula is C13H15N3O2. The molecule has 0 aliphatic rings. The van der Waals surface area contributed by atoms with Gasteiger partial charge in [0.1, 0.15) is 5.82 Å². The van der Waals surface area contributed by atoms with Crippen LogP contribution in [0.25, 0.3) is 11.3 Å². The van der Waals surface area contributed by atoms with Crippen LogP contribution < -0.4 is 5.32 Å². The minimum Gasteiger partial charge on any atom is -0.453 e. The molecule has 2 N–H and O–H groups in total. The highest BCUT2D eigenvalue weighted by molar-refractivity contribution is 5.84. The van der Waals surface area contributed by atoms with Gasteiger partial charge in [-0.25, -0.2) is 9.78 Å². The number of ether oxygens (including phenoxy) is 1. The number of aromatic amines is 1. The van der Waals surface area contributed by atoms with Crippen molar-refractivity contribution >= 4 is 11.8 Å². The Hall–Kier alpha value is -2.30. The summed E-state index contributed by atoms with van der Waals surface area (Å²) in [5, 5.41) is 2.60. The lowest BCUT2D eigenvalue weighted by Crippen LogP contribution is -2.10. The topological polar surface area (TPSA) is 67.0 Å². The number of methoxy groups -OCH3 is 1. The van der Waals surface area contributed by atoms with E-state index >= 15 is 0 Å². The minimum atomic E-state index is -0.474. The van der Waals surface area contributed by atoms with Gasteiger partial charge in [-0.2, -0.15) is 0 Å². The number of carbonyl (C=O) groups excluding carboxylic acids is 1. The molecule has 1 aromatic heterocycles. The van der Waals surface area contributed by atoms with E-state index in [1.54, 1.807) is 0 Å². The molecule has 0 spiro atoms. The molecule has 0 saturated heterocycles. The number of hydrogen-bond donors (Lipinski definition) is 2. The zero-order valence-electron chi connectivity index (χ0n) is 10.4. The highest BCUT2D eigenvalue weighted by Gasteiger charge is 2.03. The Balaban J connectivity index is 2.14. The number of aryl methyl sites for hydroxylation is 1. The summed E-state index contributed by atoms with van der Waals surface area (Å²) in [7, 11) is 1.33. The first kappa shape index (κ1) is 12.2. The molecule has 0 atom stereocenters. The number of H-pyrrole nitrogens is 1. The molecule has 2 aromatic rings. The normalized spacial score (nSPS) is 10.1. The standard InChI is InChI=1S/C13H15N3O2/c1-3-12-14-8-11(16-12)9-4-6-10(7-5-9)15-13(17)18-2/h4-8H,3H2,1-2H3,(H,14,16)(H,15,17). The van der Waals surface area contributed by atoms with E-state index in [4.69, 9.17) is 0 Å². The number of rotatable bonds is 3. The van der Waals surface area contributed by atoms with Gasteiger partial charge in [0.15, 0.2) is 0 Å². The summed E-state index contributed by atoms with van der Waals surface area (Å²) in [5.74, 6) is 0.960. The number of amides is 1. The predicted octanol–water partition coefficient (Wildman–Crippen LogP) is 2.82. The SMILES string of the molecule is CCc1ncc(-c2ccc(NC(=O)OC)cc2)[nH]1. The summed E-state index contributed by atoms with van der Waals surface area (Å²) in [6.45, 7) is 2.05. The lowest BCUT2D eigenvalue weighted by molar-refractivity contribution is 0.187. The Bertz CT molecular complexity index is 531. The molecule has 2 rings (SSSR count). The fraction of sp³-hybridized carbons (Fsp3) is 0.231. The van der Waals surface area contributed by atoms with Crippen LogP contribution in [-0.2, 0) is 11.2 Å². The van der Waals surface area contributed by atoms with Crippen LogP contribution in [0.1, 0.15) is 12.7 Å². The Labute approximate surface area is 105 Å². The van der Waals surface area contributed by atoms with Crippen molar-refractivity contribution in [3.8, 4) is 11.3 Å². The van der Waals surface area contributed by atoms with Gasteiger partial charge in [0.2, 0.25) is 0 Å². The first-order valence-electron chi connectivity index (χ1n) is 5.72. The zero-order chi connectivity index (χ0) is 13.0. The molecule has 0 unspecified atom stereocenters. The van der Waals surface area contributed by atoms with Gasteiger partial charge >= 0.3 is 6.09 Å². The number of carbonyl (C=O) groups is 1. The average molecular weight is 245 g/mol. The van der Waals surface area contributed by atoms with Gasteiger partial charge in [-0.1, -0.05) is 19.1 Å². The van der Waals surface area contributed by atoms with E-state index in [-0.39, 0.29) is 0 Å². The van der Waals surface area contributed by atoms with Gasteiger partial charge in [-0.05, 0) is 17.7 Å². The smallest absolute Gasteiger partial charge is 0.411 e. The van der Waals surface area contributed by atoms with E-state index in [9.17, 15) is 4.79 Å². The molecule has 0 radical (unpaired) electrons. The molecule has 0 aliphatic carbocycles. The summed E-state index contributed by atoms with van der Waals surface area (Å²) in [5.41, 5.74) is 2.69. The molecule has 0 aliphatic heterocycles. The zero-order valence-corrected chi connectivity index (χ0v) is 10.4. The summed E-state index contributed by atoms with van der Waals surface area (Å²) >= 11 is 0. The lowest BCUT2D eigenvalue weighted by atomic mass is 10.1. The third-order valence-corrected chi connectivity index (χ3v) is 2.59. The number of benzene rings is 1. The van der Waals surface area contributed by atoms with E-state index in [1.807, 2.05) is 37.4 Å². The molecule has 5 nitrogen and oxygen atoms in total. The van der Waals surface area contributed by atoms with E-state index in [2.05, 4.69) is 20.0 Å². The van der Waals surface area contributed by atoms with Gasteiger partial charge in [-0.3, -0.25) is 5.32 Å². The Morgan fingerprint density at radius 2 is 2.11 bits per heavy atom. The first-order chi connectivity index (χ1) is 8.72. The number of hydrogen-bond acceptors (Lipinski definition) is 3. The summed E-state index contributed by atoms with van der Waals surface area (Å²) in [6, 6.07) is 7.47. The van der Waals surface area contributed by atoms with Crippen molar-refractivity contribution in [2.24, 2.45) is 0 Å². The third kappa shape index (κ3) is 2.68. The summed E-state index contributed by atoms with van der Waals surface area (Å²) in [4.78, 5) is 18.5. The van der Waals surface area contributed by atoms with Crippen LogP contribution in [-0.4, -0.2) is 23.2 Å². The molecule has 0 fully saturated rings. The molecule has 1 amide bonds. The fourth-order valence-electron chi connectivity index (χ4n) is 1.59. The molecule has 1 heterocycles. The van der Waals surface area contributed by atoms with Gasteiger partial charge < -0.3 is 9.72 Å². The molecule has 0 bridgehead atoms. The van der Waals surface area contributed by atoms with Gasteiger partial charge in [0.05, 0.1) is 19.0 Å². The molecule has 1 aromatic carbocycles. The van der Waals surface area contributed by atoms with Crippen LogP contribution in [0.5, 0.6) is 0 Å². The van der Waals surface area contributed by atoms with Crippen LogP contribution >= 0.6 is 0 Å². The predicted molar refractivity (Wildman–Crippen MR) is 69.4 cm³/mol. The maximum Gasteiger partial charge on any atom is 0.411 e. The van der Waals surface area contributed by atoms with Crippen molar-refractivity contribution in [2.45, 2.75) is 13.3 Å². The lowest BCUT2D eigenvalue weighted by Gasteiger charge is -2.04. The van der Waals surface area contributed by atoms with Gasteiger partial charge in [0.25, 0.3) is 0 Å². The molecular weight excluding hydrogens is 230 g/mol. The monoisotopic (exact) mass is 245 g/mol. The number of nitrogens with one attached hydrogen (secondary N) is 2. The van der Waals surface area contributed by atoms with Crippen LogP contribution in [0.15, 0.2) is 30.5 Å². The number of aromatic nitrogens is 2. The van der Waals surface area contributed by atoms with Crippen molar-refractivity contribution in [3.05, 3.63) is 36.3 Å². The maximum absolute atomic E-state index is 11.0. The van der Waals surface area contributed by atoms with Gasteiger partial charge in [0, 0.05) is 12.1 Å². The third-order valence-electron chi connectivity index (χ3n) is 2.59. The quantitative estimate of drug-likeness (QED) is 0.873. The highest BCUT2D eigenvalue weighted by Crippen LogP contribution is 2.19. The van der Waals surface area contributed by atoms with Crippen molar-refractivity contribution in [1.82, 2.24) is 9.97 Å². The van der Waals surface area contributed by atoms with Crippen LogP contribution in [0.3, 0.4) is 0 Å². The highest BCUT2D eigenvalue weighted by atomic mass is 16.5. The molecule has 94 valence electrons. The van der Waals surface area contributed by atoms with Crippen molar-refractivity contribution < 1.29 is 9.53 Å². The van der Waals surface area contributed by atoms with Crippen molar-refractivity contribution in [2.75, 3.05) is 12.4 Å². The number of imidazole rings is 1. The van der Waals surface area contributed by atoms with E-state index in [0.29, 0.717) is 5.69 Å². The first-order valence-corrected chi connectivity index (χ1v) is 5.72. The number of nitrogens with zero attached hydrogens (tertiary/aromatic N) is 1. The van der Waals surface area contributed by atoms with E-state index in [1.165, 1.54) is 7.11 Å². The largest absolute Gasteiger partial charge is 0.453 e. The van der Waals surface area contributed by atoms with Crippen molar-refractivity contribution in [1.29, 1.82) is 0 Å². The maximum atomic E-state index is 11.0. The second-order valence-electron chi connectivity index (χ2n) is 3.79. The summed E-state index contributed by atoms with van der Waals surface area (Å²) < 4.78 is 4.52. The molecule has 18 heavy (non-hydrogen) atoms. The minimum absolute atomic E-state index is 0.474. The summed E-state index contributed by atoms with van der Waals surface area (Å²) in [6.07, 6.45) is 2.21. The van der Waals surface area contributed by atoms with Crippen LogP contribution in [0, 0.1) is 0 Å². The van der Waals surface area contributed by atoms with Gasteiger partial charge in [-0.15, -0.1) is 0 Å². The fourth-order valence-corrected chi connectivity index (χ4v) is 1.59. The van der Waals surface area contributed by atoms with Crippen LogP contribution in [0.4, 0.5) is 10.5 Å². The van der Waals surface area contributed by atoms with Crippen LogP contribution in [0.2, 0.25) is 0 Å². The Morgan fingerprint density at radius 3 is 2.67 bits per heavy atom. The molecule has 0 saturated carbocycles. The second-order valence-corrected chi connectivity index (χ2v) is 3.79. The van der Waals surface area contributed by atoms with E-state index in [0.717, 1.165) is 23.5 Å². The van der Waals surface area contributed by atoms with E-state index < -0.39 is 6.09 Å². The molecule has 5 heteroatoms. The number of anilines is 1. The van der Waals surface area contributed by atoms with Crippen molar-refractivity contribution in [3.63, 3.8) is 0 Å².